The van der Waals surface area contributed by atoms with Gasteiger partial charge in [0.25, 0.3) is 5.91 Å². The molecule has 1 fully saturated rings. The van der Waals surface area contributed by atoms with Crippen molar-refractivity contribution in [2.75, 3.05) is 20.2 Å². The van der Waals surface area contributed by atoms with Crippen molar-refractivity contribution in [3.8, 4) is 5.75 Å². The van der Waals surface area contributed by atoms with Crippen molar-refractivity contribution >= 4 is 17.9 Å². The number of nitrogens with zero attached hydrogens (tertiary/aromatic N) is 1. The van der Waals surface area contributed by atoms with Crippen molar-refractivity contribution < 1.29 is 18.7 Å². The average Bonchev–Trinajstić information content (AvgIpc) is 2.76. The van der Waals surface area contributed by atoms with Crippen molar-refractivity contribution in [2.45, 2.75) is 25.8 Å². The van der Waals surface area contributed by atoms with E-state index in [4.69, 9.17) is 4.74 Å². The van der Waals surface area contributed by atoms with Crippen LogP contribution in [0.1, 0.15) is 40.7 Å². The van der Waals surface area contributed by atoms with Crippen LogP contribution in [-0.4, -0.2) is 36.9 Å². The molecule has 152 valence electrons. The zero-order valence-corrected chi connectivity index (χ0v) is 16.5. The maximum atomic E-state index is 13.7. The first-order valence-electron chi connectivity index (χ1n) is 9.74. The molecule has 0 atom stereocenters. The van der Waals surface area contributed by atoms with Gasteiger partial charge in [0.2, 0.25) is 5.91 Å². The Kier molecular flexibility index (Phi) is 7.00. The van der Waals surface area contributed by atoms with Crippen LogP contribution < -0.4 is 10.1 Å². The SMILES string of the molecule is COc1ccc(/C=C/C(=O)NCc2cccc(C(=O)N3CCCCC3)c2)cc1F. The molecule has 5 nitrogen and oxygen atoms in total. The number of piperidine rings is 1. The van der Waals surface area contributed by atoms with Gasteiger partial charge in [-0.1, -0.05) is 18.2 Å². The van der Waals surface area contributed by atoms with Crippen LogP contribution in [0.2, 0.25) is 0 Å². The van der Waals surface area contributed by atoms with Gasteiger partial charge in [-0.25, -0.2) is 4.39 Å². The summed E-state index contributed by atoms with van der Waals surface area (Å²) in [6.45, 7) is 1.91. The lowest BCUT2D eigenvalue weighted by atomic mass is 10.1. The van der Waals surface area contributed by atoms with Crippen molar-refractivity contribution in [2.24, 2.45) is 0 Å². The van der Waals surface area contributed by atoms with Gasteiger partial charge in [-0.2, -0.15) is 0 Å². The van der Waals surface area contributed by atoms with Gasteiger partial charge in [0.15, 0.2) is 11.6 Å². The number of methoxy groups -OCH3 is 1. The first-order valence-corrected chi connectivity index (χ1v) is 9.74. The van der Waals surface area contributed by atoms with E-state index in [2.05, 4.69) is 5.32 Å². The topological polar surface area (TPSA) is 58.6 Å². The van der Waals surface area contributed by atoms with Crippen molar-refractivity contribution in [1.82, 2.24) is 10.2 Å². The van der Waals surface area contributed by atoms with E-state index in [9.17, 15) is 14.0 Å². The van der Waals surface area contributed by atoms with Crippen LogP contribution in [0.4, 0.5) is 4.39 Å². The highest BCUT2D eigenvalue weighted by atomic mass is 19.1. The van der Waals surface area contributed by atoms with Crippen LogP contribution in [0.5, 0.6) is 5.75 Å². The molecule has 3 rings (SSSR count). The summed E-state index contributed by atoms with van der Waals surface area (Å²) in [5, 5.41) is 2.78. The second-order valence-electron chi connectivity index (χ2n) is 7.00. The maximum absolute atomic E-state index is 13.7. The van der Waals surface area contributed by atoms with E-state index in [1.807, 2.05) is 23.1 Å². The number of hydrogen-bond donors (Lipinski definition) is 1. The quantitative estimate of drug-likeness (QED) is 0.756. The van der Waals surface area contributed by atoms with Gasteiger partial charge in [-0.05, 0) is 60.7 Å². The first-order chi connectivity index (χ1) is 14.1. The lowest BCUT2D eigenvalue weighted by Gasteiger charge is -2.26. The molecule has 0 radical (unpaired) electrons. The fourth-order valence-corrected chi connectivity index (χ4v) is 3.30. The summed E-state index contributed by atoms with van der Waals surface area (Å²) in [5.41, 5.74) is 2.06. The van der Waals surface area contributed by atoms with Gasteiger partial charge >= 0.3 is 0 Å². The molecule has 29 heavy (non-hydrogen) atoms. The smallest absolute Gasteiger partial charge is 0.253 e. The summed E-state index contributed by atoms with van der Waals surface area (Å²) in [4.78, 5) is 26.6. The number of rotatable bonds is 6. The molecule has 6 heteroatoms. The molecular formula is C23H25FN2O3. The minimum Gasteiger partial charge on any atom is -0.494 e. The summed E-state index contributed by atoms with van der Waals surface area (Å²) in [5.74, 6) is -0.580. The van der Waals surface area contributed by atoms with E-state index >= 15 is 0 Å². The number of likely N-dealkylation sites (tertiary alicyclic amines) is 1. The normalized spacial score (nSPS) is 14.1. The second kappa shape index (κ2) is 9.87. The lowest BCUT2D eigenvalue weighted by molar-refractivity contribution is -0.116. The van der Waals surface area contributed by atoms with Crippen molar-refractivity contribution in [1.29, 1.82) is 0 Å². The van der Waals surface area contributed by atoms with E-state index < -0.39 is 5.82 Å². The number of carbonyl (C=O) groups is 2. The van der Waals surface area contributed by atoms with E-state index in [0.717, 1.165) is 31.5 Å². The fraction of sp³-hybridized carbons (Fsp3) is 0.304. The zero-order chi connectivity index (χ0) is 20.6. The molecule has 0 saturated carbocycles. The summed E-state index contributed by atoms with van der Waals surface area (Å²) < 4.78 is 18.6. The predicted octanol–water partition coefficient (Wildman–Crippen LogP) is 3.79. The average molecular weight is 396 g/mol. The molecule has 1 saturated heterocycles. The summed E-state index contributed by atoms with van der Waals surface area (Å²) in [6, 6.07) is 11.8. The third-order valence-corrected chi connectivity index (χ3v) is 4.89. The van der Waals surface area contributed by atoms with E-state index in [0.29, 0.717) is 17.7 Å². The van der Waals surface area contributed by atoms with Gasteiger partial charge in [-0.15, -0.1) is 0 Å². The number of amides is 2. The largest absolute Gasteiger partial charge is 0.494 e. The Bertz CT molecular complexity index is 905. The van der Waals surface area contributed by atoms with Gasteiger partial charge in [0.05, 0.1) is 7.11 Å². The third-order valence-electron chi connectivity index (χ3n) is 4.89. The summed E-state index contributed by atoms with van der Waals surface area (Å²) in [6.07, 6.45) is 6.16. The van der Waals surface area contributed by atoms with Crippen LogP contribution >= 0.6 is 0 Å². The van der Waals surface area contributed by atoms with Crippen molar-refractivity contribution in [3.63, 3.8) is 0 Å². The molecule has 2 amide bonds. The predicted molar refractivity (Wildman–Crippen MR) is 110 cm³/mol. The van der Waals surface area contributed by atoms with Crippen molar-refractivity contribution in [3.05, 3.63) is 71.0 Å². The highest BCUT2D eigenvalue weighted by Crippen LogP contribution is 2.18. The van der Waals surface area contributed by atoms with Crippen LogP contribution in [-0.2, 0) is 11.3 Å². The number of ether oxygens (including phenoxy) is 1. The van der Waals surface area contributed by atoms with Gasteiger partial charge in [0, 0.05) is 31.3 Å². The molecule has 0 spiro atoms. The highest BCUT2D eigenvalue weighted by molar-refractivity contribution is 5.94. The lowest BCUT2D eigenvalue weighted by Crippen LogP contribution is -2.35. The Morgan fingerprint density at radius 2 is 1.93 bits per heavy atom. The summed E-state index contributed by atoms with van der Waals surface area (Å²) in [7, 11) is 1.40. The summed E-state index contributed by atoms with van der Waals surface area (Å²) >= 11 is 0. The molecular weight excluding hydrogens is 371 g/mol. The molecule has 0 aliphatic carbocycles. The molecule has 1 aliphatic rings. The fourth-order valence-electron chi connectivity index (χ4n) is 3.30. The minimum atomic E-state index is -0.481. The zero-order valence-electron chi connectivity index (χ0n) is 16.5. The van der Waals surface area contributed by atoms with Gasteiger partial charge in [-0.3, -0.25) is 9.59 Å². The Labute approximate surface area is 170 Å². The van der Waals surface area contributed by atoms with E-state index in [-0.39, 0.29) is 17.6 Å². The Balaban J connectivity index is 1.56. The van der Waals surface area contributed by atoms with Crippen LogP contribution in [0, 0.1) is 5.82 Å². The van der Waals surface area contributed by atoms with Gasteiger partial charge < -0.3 is 15.0 Å². The molecule has 2 aromatic carbocycles. The van der Waals surface area contributed by atoms with Gasteiger partial charge in [0.1, 0.15) is 0 Å². The van der Waals surface area contributed by atoms with E-state index in [1.165, 1.54) is 37.8 Å². The standard InChI is InChI=1S/C23H25FN2O3/c1-29-21-10-8-17(15-20(21)24)9-11-22(27)25-16-18-6-5-7-19(14-18)23(28)26-12-3-2-4-13-26/h5-11,14-15H,2-4,12-13,16H2,1H3,(H,25,27)/b11-9+. The molecule has 0 unspecified atom stereocenters. The monoisotopic (exact) mass is 396 g/mol. The number of carbonyl (C=O) groups excluding carboxylic acids is 2. The van der Waals surface area contributed by atoms with Crippen LogP contribution in [0.25, 0.3) is 6.08 Å². The minimum absolute atomic E-state index is 0.0410. The Morgan fingerprint density at radius 3 is 2.66 bits per heavy atom. The molecule has 0 aromatic heterocycles. The molecule has 1 N–H and O–H groups in total. The number of nitrogens with one attached hydrogen (secondary N) is 1. The second-order valence-corrected chi connectivity index (χ2v) is 7.00. The number of halogens is 1. The number of hydrogen-bond acceptors (Lipinski definition) is 3. The van der Waals surface area contributed by atoms with E-state index in [1.54, 1.807) is 12.1 Å². The molecule has 1 aliphatic heterocycles. The van der Waals surface area contributed by atoms with Crippen LogP contribution in [0.15, 0.2) is 48.5 Å². The maximum Gasteiger partial charge on any atom is 0.253 e. The Morgan fingerprint density at radius 1 is 1.14 bits per heavy atom. The Hall–Kier alpha value is -3.15. The molecule has 2 aromatic rings. The molecule has 1 heterocycles. The van der Waals surface area contributed by atoms with Crippen LogP contribution in [0.3, 0.4) is 0 Å². The first kappa shape index (κ1) is 20.6. The molecule has 0 bridgehead atoms. The third kappa shape index (κ3) is 5.67. The highest BCUT2D eigenvalue weighted by Gasteiger charge is 2.18. The number of benzene rings is 2.